The van der Waals surface area contributed by atoms with Crippen molar-refractivity contribution in [2.24, 2.45) is 0 Å². The van der Waals surface area contributed by atoms with Gasteiger partial charge in [0.1, 0.15) is 0 Å². The Labute approximate surface area is 100 Å². The molecule has 0 aromatic carbocycles. The third kappa shape index (κ3) is 2.76. The smallest absolute Gasteiger partial charge is 0.0198 e. The molecule has 0 bridgehead atoms. The van der Waals surface area contributed by atoms with Crippen LogP contribution < -0.4 is 0 Å². The number of hydrogen-bond acceptors (Lipinski definition) is 3. The van der Waals surface area contributed by atoms with Crippen LogP contribution in [0.2, 0.25) is 0 Å². The highest BCUT2D eigenvalue weighted by molar-refractivity contribution is 4.86. The molecule has 3 nitrogen and oxygen atoms in total. The lowest BCUT2D eigenvalue weighted by Crippen LogP contribution is -2.57. The predicted molar refractivity (Wildman–Crippen MR) is 68.8 cm³/mol. The minimum atomic E-state index is 0.752. The summed E-state index contributed by atoms with van der Waals surface area (Å²) in [5, 5.41) is 0. The summed E-state index contributed by atoms with van der Waals surface area (Å²) in [6, 6.07) is 1.60. The van der Waals surface area contributed by atoms with Crippen LogP contribution >= 0.6 is 0 Å². The van der Waals surface area contributed by atoms with Crippen LogP contribution in [0.25, 0.3) is 0 Å². The number of likely N-dealkylation sites (tertiary alicyclic amines) is 1. The van der Waals surface area contributed by atoms with Gasteiger partial charge in [0.05, 0.1) is 0 Å². The SMILES string of the molecule is CCN1CCN(C2CCN(C)CC2)[C@@H](C)C1. The molecule has 0 spiro atoms. The largest absolute Gasteiger partial charge is 0.306 e. The third-order valence-electron chi connectivity index (χ3n) is 4.37. The van der Waals surface area contributed by atoms with E-state index in [4.69, 9.17) is 0 Å². The summed E-state index contributed by atoms with van der Waals surface area (Å²) in [7, 11) is 2.24. The van der Waals surface area contributed by atoms with Gasteiger partial charge in [-0.1, -0.05) is 6.92 Å². The number of rotatable bonds is 2. The van der Waals surface area contributed by atoms with Crippen LogP contribution in [0.3, 0.4) is 0 Å². The maximum atomic E-state index is 2.76. The van der Waals surface area contributed by atoms with Crippen LogP contribution in [0, 0.1) is 0 Å². The van der Waals surface area contributed by atoms with Gasteiger partial charge in [-0.3, -0.25) is 4.90 Å². The molecule has 2 saturated heterocycles. The minimum Gasteiger partial charge on any atom is -0.306 e. The van der Waals surface area contributed by atoms with E-state index in [0.29, 0.717) is 0 Å². The first-order valence-electron chi connectivity index (χ1n) is 6.87. The lowest BCUT2D eigenvalue weighted by Gasteiger charge is -2.46. The second kappa shape index (κ2) is 5.48. The first-order chi connectivity index (χ1) is 7.70. The summed E-state index contributed by atoms with van der Waals surface area (Å²) < 4.78 is 0. The molecule has 2 aliphatic rings. The van der Waals surface area contributed by atoms with E-state index in [1.807, 2.05) is 0 Å². The summed E-state index contributed by atoms with van der Waals surface area (Å²) in [5.41, 5.74) is 0. The van der Waals surface area contributed by atoms with Crippen molar-refractivity contribution < 1.29 is 0 Å². The number of hydrogen-bond donors (Lipinski definition) is 0. The van der Waals surface area contributed by atoms with Crippen molar-refractivity contribution in [1.29, 1.82) is 0 Å². The third-order valence-corrected chi connectivity index (χ3v) is 4.37. The number of piperazine rings is 1. The number of piperidine rings is 1. The molecule has 0 amide bonds. The highest BCUT2D eigenvalue weighted by Gasteiger charge is 2.30. The maximum Gasteiger partial charge on any atom is 0.0198 e. The lowest BCUT2D eigenvalue weighted by molar-refractivity contribution is 0.0273. The fraction of sp³-hybridized carbons (Fsp3) is 1.00. The molecule has 16 heavy (non-hydrogen) atoms. The van der Waals surface area contributed by atoms with Crippen molar-refractivity contribution in [1.82, 2.24) is 14.7 Å². The monoisotopic (exact) mass is 225 g/mol. The van der Waals surface area contributed by atoms with E-state index in [-0.39, 0.29) is 0 Å². The summed E-state index contributed by atoms with van der Waals surface area (Å²) in [4.78, 5) is 7.80. The van der Waals surface area contributed by atoms with Crippen molar-refractivity contribution in [3.8, 4) is 0 Å². The lowest BCUT2D eigenvalue weighted by atomic mass is 10.0. The van der Waals surface area contributed by atoms with Crippen LogP contribution in [-0.2, 0) is 0 Å². The molecule has 0 N–H and O–H groups in total. The van der Waals surface area contributed by atoms with E-state index in [0.717, 1.165) is 12.1 Å². The molecule has 0 aliphatic carbocycles. The van der Waals surface area contributed by atoms with E-state index in [2.05, 4.69) is 35.6 Å². The van der Waals surface area contributed by atoms with E-state index >= 15 is 0 Å². The Morgan fingerprint density at radius 2 is 1.75 bits per heavy atom. The second-order valence-electron chi connectivity index (χ2n) is 5.51. The van der Waals surface area contributed by atoms with Gasteiger partial charge in [-0.2, -0.15) is 0 Å². The topological polar surface area (TPSA) is 9.72 Å². The molecule has 2 aliphatic heterocycles. The zero-order valence-electron chi connectivity index (χ0n) is 11.2. The summed E-state index contributed by atoms with van der Waals surface area (Å²) in [5.74, 6) is 0. The van der Waals surface area contributed by atoms with Gasteiger partial charge in [-0.05, 0) is 46.4 Å². The van der Waals surface area contributed by atoms with Gasteiger partial charge in [-0.15, -0.1) is 0 Å². The van der Waals surface area contributed by atoms with Crippen LogP contribution in [0.5, 0.6) is 0 Å². The molecule has 2 rings (SSSR count). The highest BCUT2D eigenvalue weighted by atomic mass is 15.3. The average Bonchev–Trinajstić information content (AvgIpc) is 2.30. The van der Waals surface area contributed by atoms with Crippen molar-refractivity contribution in [2.45, 2.75) is 38.8 Å². The minimum absolute atomic E-state index is 0.752. The molecule has 0 saturated carbocycles. The number of likely N-dealkylation sites (N-methyl/N-ethyl adjacent to an activating group) is 1. The summed E-state index contributed by atoms with van der Waals surface area (Å²) >= 11 is 0. The van der Waals surface area contributed by atoms with Gasteiger partial charge in [0, 0.05) is 31.7 Å². The van der Waals surface area contributed by atoms with Crippen LogP contribution in [-0.4, -0.2) is 73.1 Å². The summed E-state index contributed by atoms with van der Waals surface area (Å²) in [6.07, 6.45) is 2.74. The van der Waals surface area contributed by atoms with Crippen molar-refractivity contribution in [3.05, 3.63) is 0 Å². The molecule has 1 atom stereocenters. The summed E-state index contributed by atoms with van der Waals surface area (Å²) in [6.45, 7) is 12.3. The van der Waals surface area contributed by atoms with Crippen LogP contribution in [0.1, 0.15) is 26.7 Å². The van der Waals surface area contributed by atoms with Gasteiger partial charge in [-0.25, -0.2) is 0 Å². The van der Waals surface area contributed by atoms with Crippen molar-refractivity contribution in [3.63, 3.8) is 0 Å². The fourth-order valence-electron chi connectivity index (χ4n) is 3.20. The van der Waals surface area contributed by atoms with E-state index < -0.39 is 0 Å². The standard InChI is InChI=1S/C13H27N3/c1-4-15-9-10-16(12(2)11-15)13-5-7-14(3)8-6-13/h12-13H,4-11H2,1-3H3/t12-/m0/s1. The quantitative estimate of drug-likeness (QED) is 0.697. The van der Waals surface area contributed by atoms with Crippen molar-refractivity contribution >= 4 is 0 Å². The molecule has 3 heteroatoms. The zero-order valence-corrected chi connectivity index (χ0v) is 11.2. The normalized spacial score (nSPS) is 32.1. The molecular formula is C13H27N3. The molecule has 94 valence electrons. The molecule has 0 unspecified atom stereocenters. The first-order valence-corrected chi connectivity index (χ1v) is 6.87. The Morgan fingerprint density at radius 1 is 1.06 bits per heavy atom. The maximum absolute atomic E-state index is 2.76. The van der Waals surface area contributed by atoms with Crippen LogP contribution in [0.4, 0.5) is 0 Å². The molecule has 2 heterocycles. The van der Waals surface area contributed by atoms with E-state index in [9.17, 15) is 0 Å². The Kier molecular flexibility index (Phi) is 4.22. The Morgan fingerprint density at radius 3 is 2.31 bits per heavy atom. The highest BCUT2D eigenvalue weighted by Crippen LogP contribution is 2.20. The molecule has 0 aromatic rings. The average molecular weight is 225 g/mol. The van der Waals surface area contributed by atoms with Gasteiger partial charge in [0.2, 0.25) is 0 Å². The second-order valence-corrected chi connectivity index (χ2v) is 5.51. The van der Waals surface area contributed by atoms with E-state index in [1.165, 1.54) is 52.1 Å². The predicted octanol–water partition coefficient (Wildman–Crippen LogP) is 1.11. The zero-order chi connectivity index (χ0) is 11.5. The molecule has 2 fully saturated rings. The first kappa shape index (κ1) is 12.3. The van der Waals surface area contributed by atoms with Gasteiger partial charge in [0.25, 0.3) is 0 Å². The van der Waals surface area contributed by atoms with Crippen LogP contribution in [0.15, 0.2) is 0 Å². The fourth-order valence-corrected chi connectivity index (χ4v) is 3.20. The van der Waals surface area contributed by atoms with Gasteiger partial charge >= 0.3 is 0 Å². The molecule has 0 radical (unpaired) electrons. The van der Waals surface area contributed by atoms with Gasteiger partial charge in [0.15, 0.2) is 0 Å². The van der Waals surface area contributed by atoms with E-state index in [1.54, 1.807) is 0 Å². The van der Waals surface area contributed by atoms with Crippen molar-refractivity contribution in [2.75, 3.05) is 46.3 Å². The Bertz CT molecular complexity index is 211. The Balaban J connectivity index is 1.85. The number of nitrogens with zero attached hydrogens (tertiary/aromatic N) is 3. The molecule has 0 aromatic heterocycles. The van der Waals surface area contributed by atoms with Gasteiger partial charge < -0.3 is 9.80 Å². The Hall–Kier alpha value is -0.120. The molecular weight excluding hydrogens is 198 g/mol.